The normalized spacial score (nSPS) is 19.6. The van der Waals surface area contributed by atoms with E-state index in [-0.39, 0.29) is 12.3 Å². The summed E-state index contributed by atoms with van der Waals surface area (Å²) in [5.41, 5.74) is 7.92. The Balaban J connectivity index is 1.59. The van der Waals surface area contributed by atoms with Gasteiger partial charge in [-0.15, -0.1) is 0 Å². The molecule has 1 aromatic carbocycles. The first-order valence-corrected chi connectivity index (χ1v) is 10.2. The van der Waals surface area contributed by atoms with E-state index < -0.39 is 10.0 Å². The van der Waals surface area contributed by atoms with Gasteiger partial charge in [0, 0.05) is 19.6 Å². The van der Waals surface area contributed by atoms with Crippen LogP contribution in [0.1, 0.15) is 25.3 Å². The zero-order chi connectivity index (χ0) is 17.2. The molecule has 6 nitrogen and oxygen atoms in total. The van der Waals surface area contributed by atoms with Crippen molar-refractivity contribution in [3.63, 3.8) is 0 Å². The van der Waals surface area contributed by atoms with Crippen LogP contribution in [0.5, 0.6) is 0 Å². The van der Waals surface area contributed by atoms with Crippen LogP contribution in [0.15, 0.2) is 29.3 Å². The second-order valence-electron chi connectivity index (χ2n) is 6.68. The number of para-hydroxylation sites is 1. The van der Waals surface area contributed by atoms with E-state index in [4.69, 9.17) is 5.73 Å². The molecule has 0 saturated carbocycles. The molecule has 1 aromatic rings. The van der Waals surface area contributed by atoms with Crippen LogP contribution in [0.3, 0.4) is 0 Å². The number of piperidine rings is 1. The number of benzene rings is 1. The molecule has 0 spiro atoms. The number of likely N-dealkylation sites (tertiary alicyclic amines) is 1. The first-order chi connectivity index (χ1) is 11.5. The Morgan fingerprint density at radius 1 is 1.25 bits per heavy atom. The highest BCUT2D eigenvalue weighted by atomic mass is 32.2. The fraction of sp³-hybridized carbons (Fsp3) is 0.588. The predicted molar refractivity (Wildman–Crippen MR) is 97.7 cm³/mol. The fourth-order valence-corrected chi connectivity index (χ4v) is 4.71. The molecule has 1 fully saturated rings. The van der Waals surface area contributed by atoms with Crippen LogP contribution in [0.2, 0.25) is 0 Å². The van der Waals surface area contributed by atoms with Crippen LogP contribution < -0.4 is 10.0 Å². The highest BCUT2D eigenvalue weighted by molar-refractivity contribution is 7.92. The average molecular weight is 350 g/mol. The molecule has 0 amide bonds. The van der Waals surface area contributed by atoms with Crippen molar-refractivity contribution >= 4 is 21.7 Å². The lowest BCUT2D eigenvalue weighted by atomic mass is 10.00. The van der Waals surface area contributed by atoms with Crippen molar-refractivity contribution in [1.29, 1.82) is 0 Å². The van der Waals surface area contributed by atoms with Crippen molar-refractivity contribution in [3.8, 4) is 0 Å². The zero-order valence-corrected chi connectivity index (χ0v) is 15.0. The van der Waals surface area contributed by atoms with Crippen LogP contribution in [0, 0.1) is 5.92 Å². The third kappa shape index (κ3) is 3.66. The van der Waals surface area contributed by atoms with E-state index in [0.717, 1.165) is 49.5 Å². The maximum atomic E-state index is 12.6. The van der Waals surface area contributed by atoms with E-state index in [1.165, 1.54) is 4.31 Å². The summed E-state index contributed by atoms with van der Waals surface area (Å²) in [4.78, 5) is 6.35. The van der Waals surface area contributed by atoms with Crippen LogP contribution in [0.4, 0.5) is 5.69 Å². The van der Waals surface area contributed by atoms with Crippen molar-refractivity contribution in [2.24, 2.45) is 16.6 Å². The van der Waals surface area contributed by atoms with Gasteiger partial charge < -0.3 is 10.6 Å². The molecule has 0 bridgehead atoms. The molecule has 2 aliphatic rings. The number of hydrogen-bond acceptors (Lipinski definition) is 3. The fourth-order valence-electron chi connectivity index (χ4n) is 3.32. The molecule has 2 heterocycles. The Morgan fingerprint density at radius 3 is 2.71 bits per heavy atom. The molecule has 132 valence electrons. The molecular weight excluding hydrogens is 324 g/mol. The number of rotatable bonds is 4. The van der Waals surface area contributed by atoms with E-state index in [1.807, 2.05) is 24.3 Å². The molecule has 0 radical (unpaired) electrons. The van der Waals surface area contributed by atoms with Crippen molar-refractivity contribution < 1.29 is 8.42 Å². The van der Waals surface area contributed by atoms with Crippen molar-refractivity contribution in [2.75, 3.05) is 36.2 Å². The van der Waals surface area contributed by atoms with Crippen LogP contribution in [-0.4, -0.2) is 51.2 Å². The molecule has 7 heteroatoms. The van der Waals surface area contributed by atoms with E-state index in [9.17, 15) is 8.42 Å². The van der Waals surface area contributed by atoms with Gasteiger partial charge in [-0.3, -0.25) is 9.30 Å². The molecule has 1 saturated heterocycles. The molecule has 2 aliphatic heterocycles. The molecule has 24 heavy (non-hydrogen) atoms. The molecule has 0 aliphatic carbocycles. The van der Waals surface area contributed by atoms with E-state index in [2.05, 4.69) is 16.8 Å². The van der Waals surface area contributed by atoms with Gasteiger partial charge in [-0.25, -0.2) is 8.42 Å². The maximum absolute atomic E-state index is 12.6. The molecule has 3 rings (SSSR count). The number of nitrogens with zero attached hydrogens (tertiary/aromatic N) is 3. The van der Waals surface area contributed by atoms with Gasteiger partial charge in [-0.05, 0) is 36.8 Å². The Hall–Kier alpha value is -1.76. The number of sulfonamides is 1. The number of aliphatic imine (C=N–C) groups is 1. The summed E-state index contributed by atoms with van der Waals surface area (Å²) in [6, 6.07) is 7.67. The standard InChI is InChI=1S/C17H26N4O2S/c1-14-6-10-20(11-7-14)17(18)19-9-13-24(22,23)21-12-8-15-4-2-3-5-16(15)21/h2-5,14H,6-13H2,1H3,(H2,18,19). The lowest BCUT2D eigenvalue weighted by molar-refractivity contribution is 0.278. The maximum Gasteiger partial charge on any atom is 0.237 e. The van der Waals surface area contributed by atoms with Gasteiger partial charge in [0.1, 0.15) is 0 Å². The second kappa shape index (κ2) is 7.01. The molecule has 0 aromatic heterocycles. The monoisotopic (exact) mass is 350 g/mol. The first kappa shape index (κ1) is 17.1. The SMILES string of the molecule is CC1CCN(C(N)=NCCS(=O)(=O)N2CCc3ccccc32)CC1. The Kier molecular flexibility index (Phi) is 4.99. The van der Waals surface area contributed by atoms with Crippen LogP contribution in [-0.2, 0) is 16.4 Å². The van der Waals surface area contributed by atoms with Gasteiger partial charge in [-0.1, -0.05) is 25.1 Å². The number of nitrogens with two attached hydrogens (primary N) is 1. The third-order valence-electron chi connectivity index (χ3n) is 4.91. The van der Waals surface area contributed by atoms with Crippen LogP contribution >= 0.6 is 0 Å². The summed E-state index contributed by atoms with van der Waals surface area (Å²) in [5, 5.41) is 0. The zero-order valence-electron chi connectivity index (χ0n) is 14.2. The van der Waals surface area contributed by atoms with Gasteiger partial charge >= 0.3 is 0 Å². The van der Waals surface area contributed by atoms with Gasteiger partial charge in [-0.2, -0.15) is 0 Å². The summed E-state index contributed by atoms with van der Waals surface area (Å²) < 4.78 is 26.7. The van der Waals surface area contributed by atoms with Crippen LogP contribution in [0.25, 0.3) is 0 Å². The minimum atomic E-state index is -3.36. The number of guanidine groups is 1. The summed E-state index contributed by atoms with van der Waals surface area (Å²) in [5.74, 6) is 1.19. The van der Waals surface area contributed by atoms with Gasteiger partial charge in [0.05, 0.1) is 18.0 Å². The Labute approximate surface area is 144 Å². The van der Waals surface area contributed by atoms with Crippen molar-refractivity contribution in [1.82, 2.24) is 4.90 Å². The smallest absolute Gasteiger partial charge is 0.237 e. The summed E-state index contributed by atoms with van der Waals surface area (Å²) >= 11 is 0. The van der Waals surface area contributed by atoms with Gasteiger partial charge in [0.25, 0.3) is 0 Å². The largest absolute Gasteiger partial charge is 0.370 e. The number of anilines is 1. The third-order valence-corrected chi connectivity index (χ3v) is 6.66. The van der Waals surface area contributed by atoms with Gasteiger partial charge in [0.2, 0.25) is 10.0 Å². The first-order valence-electron chi connectivity index (χ1n) is 8.60. The van der Waals surface area contributed by atoms with E-state index in [1.54, 1.807) is 0 Å². The molecule has 0 unspecified atom stereocenters. The van der Waals surface area contributed by atoms with Crippen molar-refractivity contribution in [2.45, 2.75) is 26.2 Å². The lowest BCUT2D eigenvalue weighted by Crippen LogP contribution is -2.43. The molecule has 2 N–H and O–H groups in total. The summed E-state index contributed by atoms with van der Waals surface area (Å²) in [7, 11) is -3.36. The summed E-state index contributed by atoms with van der Waals surface area (Å²) in [6.45, 7) is 4.78. The van der Waals surface area contributed by atoms with Gasteiger partial charge in [0.15, 0.2) is 5.96 Å². The number of fused-ring (bicyclic) bond motifs is 1. The quantitative estimate of drug-likeness (QED) is 0.658. The summed E-state index contributed by atoms with van der Waals surface area (Å²) in [6.07, 6.45) is 2.99. The Bertz CT molecular complexity index is 709. The Morgan fingerprint density at radius 2 is 1.96 bits per heavy atom. The van der Waals surface area contributed by atoms with Crippen molar-refractivity contribution in [3.05, 3.63) is 29.8 Å². The minimum Gasteiger partial charge on any atom is -0.370 e. The lowest BCUT2D eigenvalue weighted by Gasteiger charge is -2.31. The number of hydrogen-bond donors (Lipinski definition) is 1. The minimum absolute atomic E-state index is 0.00766. The topological polar surface area (TPSA) is 79.0 Å². The predicted octanol–water partition coefficient (Wildman–Crippen LogP) is 1.43. The highest BCUT2D eigenvalue weighted by Crippen LogP contribution is 2.29. The highest BCUT2D eigenvalue weighted by Gasteiger charge is 2.28. The molecular formula is C17H26N4O2S. The average Bonchev–Trinajstić information content (AvgIpc) is 3.00. The van der Waals surface area contributed by atoms with E-state index >= 15 is 0 Å². The molecule has 0 atom stereocenters. The van der Waals surface area contributed by atoms with E-state index in [0.29, 0.717) is 12.5 Å². The second-order valence-corrected chi connectivity index (χ2v) is 8.69.